The number of anilines is 4. The summed E-state index contributed by atoms with van der Waals surface area (Å²) in [6.07, 6.45) is 6.33. The van der Waals surface area contributed by atoms with Gasteiger partial charge in [-0.2, -0.15) is 0 Å². The van der Waals surface area contributed by atoms with Crippen molar-refractivity contribution in [1.82, 2.24) is 30.6 Å². The number of ether oxygens (including phenoxy) is 6. The van der Waals surface area contributed by atoms with E-state index in [2.05, 4.69) is 49.8 Å². The summed E-state index contributed by atoms with van der Waals surface area (Å²) in [6.45, 7) is 6.93. The number of aliphatic hydroxyl groups excluding tert-OH is 2. The van der Waals surface area contributed by atoms with Crippen molar-refractivity contribution in [3.8, 4) is 34.3 Å². The average Bonchev–Trinajstić information content (AvgIpc) is 3.99. The lowest BCUT2D eigenvalue weighted by Crippen LogP contribution is -2.43. The first kappa shape index (κ1) is 49.1. The van der Waals surface area contributed by atoms with Gasteiger partial charge in [-0.25, -0.2) is 19.9 Å². The van der Waals surface area contributed by atoms with Crippen LogP contribution in [0.4, 0.5) is 23.3 Å². The van der Waals surface area contributed by atoms with E-state index in [-0.39, 0.29) is 43.5 Å². The van der Waals surface area contributed by atoms with Crippen LogP contribution in [0.15, 0.2) is 60.7 Å². The number of hydrogen-bond donors (Lipinski definition) is 5. The monoisotopic (exact) mass is 953 g/mol. The van der Waals surface area contributed by atoms with Gasteiger partial charge in [0.05, 0.1) is 31.5 Å². The molecule has 4 aromatic rings. The molecule has 5 N–H and O–H groups in total. The smallest absolute Gasteiger partial charge is 0.163 e. The molecule has 69 heavy (non-hydrogen) atoms. The quantitative estimate of drug-likeness (QED) is 0.0754. The molecule has 4 unspecified atom stereocenters. The fourth-order valence-corrected chi connectivity index (χ4v) is 9.98. The van der Waals surface area contributed by atoms with Crippen molar-refractivity contribution in [3.05, 3.63) is 60.7 Å². The number of benzene rings is 2. The Balaban J connectivity index is 0.913. The number of nitrogens with one attached hydrogen (secondary N) is 3. The lowest BCUT2D eigenvalue weighted by Gasteiger charge is -2.37. The fraction of sp³-hybridized carbons (Fsp3) is 0.608. The van der Waals surface area contributed by atoms with Crippen molar-refractivity contribution in [2.45, 2.75) is 99.9 Å². The lowest BCUT2D eigenvalue weighted by molar-refractivity contribution is 0.0388. The third kappa shape index (κ3) is 13.1. The van der Waals surface area contributed by atoms with Crippen molar-refractivity contribution in [3.63, 3.8) is 0 Å². The van der Waals surface area contributed by atoms with Crippen LogP contribution in [-0.2, 0) is 18.9 Å². The summed E-state index contributed by atoms with van der Waals surface area (Å²) >= 11 is 0. The molecule has 0 spiro atoms. The molecule has 18 heteroatoms. The Morgan fingerprint density at radius 2 is 1.28 bits per heavy atom. The number of morpholine rings is 1. The molecule has 5 fully saturated rings. The predicted molar refractivity (Wildman–Crippen MR) is 266 cm³/mol. The van der Waals surface area contributed by atoms with Gasteiger partial charge in [-0.05, 0) is 89.7 Å². The molecular formula is C51H72N10O8. The van der Waals surface area contributed by atoms with Gasteiger partial charge >= 0.3 is 0 Å². The molecule has 0 radical (unpaired) electrons. The fourth-order valence-electron chi connectivity index (χ4n) is 9.98. The third-order valence-corrected chi connectivity index (χ3v) is 13.8. The highest BCUT2D eigenvalue weighted by Crippen LogP contribution is 2.42. The minimum atomic E-state index is -0.625. The van der Waals surface area contributed by atoms with Gasteiger partial charge in [0.25, 0.3) is 0 Å². The van der Waals surface area contributed by atoms with Gasteiger partial charge in [0.15, 0.2) is 11.6 Å². The van der Waals surface area contributed by atoms with Crippen molar-refractivity contribution in [2.24, 2.45) is 0 Å². The molecule has 18 nitrogen and oxygen atoms in total. The summed E-state index contributed by atoms with van der Waals surface area (Å²) in [4.78, 5) is 27.7. The molecule has 9 rings (SSSR count). The van der Waals surface area contributed by atoms with Crippen molar-refractivity contribution < 1.29 is 38.6 Å². The molecular weight excluding hydrogens is 881 g/mol. The standard InChI is InChI=1S/C51H72N10O8/c1-52-30-39(62)32-67-41-8-4-6-34(24-41)50-55-46(28-47(56-50)59(3)37-12-18-64-19-13-37)54-36-10-11-43(26-36)69-45-27-44(45)61(38-14-20-65-21-15-38)49-29-48(60-16-22-66-23-17-60)57-51(58-49)35-7-5-9-42(25-35)68-33-40(63)31-53-2/h4-9,24-25,28-29,36-40,43-45,52-53,62-63H,10-23,26-27,30-33H2,1-3H3,(H,54,55,56)/t36-,39?,40?,43-,44?,45?/m1/s1. The number of hydrogen-bond acceptors (Lipinski definition) is 18. The van der Waals surface area contributed by atoms with Crippen LogP contribution in [0, 0.1) is 0 Å². The van der Waals surface area contributed by atoms with Gasteiger partial charge < -0.3 is 69.3 Å². The minimum Gasteiger partial charge on any atom is -0.491 e. The molecule has 0 bridgehead atoms. The molecule has 2 aliphatic carbocycles. The first-order valence-electron chi connectivity index (χ1n) is 25.1. The van der Waals surface area contributed by atoms with Crippen LogP contribution in [0.3, 0.4) is 0 Å². The van der Waals surface area contributed by atoms with Crippen LogP contribution in [0.1, 0.15) is 51.4 Å². The Hall–Kier alpha value is -4.92. The third-order valence-electron chi connectivity index (χ3n) is 13.8. The Kier molecular flexibility index (Phi) is 16.9. The Bertz CT molecular complexity index is 2240. The van der Waals surface area contributed by atoms with Crippen LogP contribution < -0.4 is 40.1 Å². The van der Waals surface area contributed by atoms with E-state index in [0.717, 1.165) is 112 Å². The van der Waals surface area contributed by atoms with Crippen LogP contribution in [-0.4, -0.2) is 179 Å². The number of aromatic nitrogens is 4. The van der Waals surface area contributed by atoms with E-state index in [1.54, 1.807) is 0 Å². The second kappa shape index (κ2) is 23.8. The molecule has 2 saturated carbocycles. The second-order valence-electron chi connectivity index (χ2n) is 19.0. The minimum absolute atomic E-state index is 0.0711. The number of likely N-dealkylation sites (N-methyl/N-ethyl adjacent to an activating group) is 2. The topological polar surface area (TPSA) is 193 Å². The molecule has 0 amide bonds. The first-order valence-corrected chi connectivity index (χ1v) is 25.1. The Morgan fingerprint density at radius 1 is 0.681 bits per heavy atom. The molecule has 2 aromatic heterocycles. The number of rotatable bonds is 22. The predicted octanol–water partition coefficient (Wildman–Crippen LogP) is 4.15. The summed E-state index contributed by atoms with van der Waals surface area (Å²) in [7, 11) is 5.73. The first-order chi connectivity index (χ1) is 33.8. The van der Waals surface area contributed by atoms with Crippen molar-refractivity contribution >= 4 is 23.3 Å². The second-order valence-corrected chi connectivity index (χ2v) is 19.0. The molecule has 3 saturated heterocycles. The zero-order valence-corrected chi connectivity index (χ0v) is 40.5. The van der Waals surface area contributed by atoms with Gasteiger partial charge in [0, 0.05) is 101 Å². The zero-order chi connectivity index (χ0) is 47.5. The summed E-state index contributed by atoms with van der Waals surface area (Å²) in [6, 6.07) is 20.8. The molecule has 6 atom stereocenters. The summed E-state index contributed by atoms with van der Waals surface area (Å²) in [5.41, 5.74) is 1.69. The van der Waals surface area contributed by atoms with E-state index in [9.17, 15) is 10.2 Å². The van der Waals surface area contributed by atoms with E-state index in [1.165, 1.54) is 0 Å². The maximum Gasteiger partial charge on any atom is 0.163 e. The Morgan fingerprint density at radius 3 is 1.91 bits per heavy atom. The van der Waals surface area contributed by atoms with Crippen LogP contribution >= 0.6 is 0 Å². The maximum absolute atomic E-state index is 10.3. The van der Waals surface area contributed by atoms with Crippen LogP contribution in [0.2, 0.25) is 0 Å². The van der Waals surface area contributed by atoms with Crippen molar-refractivity contribution in [2.75, 3.05) is 120 Å². The van der Waals surface area contributed by atoms with Gasteiger partial charge in [0.1, 0.15) is 60.2 Å². The number of aliphatic hydroxyl groups is 2. The Labute approximate surface area is 406 Å². The van der Waals surface area contributed by atoms with E-state index in [4.69, 9.17) is 48.4 Å². The average molecular weight is 953 g/mol. The number of nitrogens with zero attached hydrogens (tertiary/aromatic N) is 7. The van der Waals surface area contributed by atoms with Crippen LogP contribution in [0.25, 0.3) is 22.8 Å². The molecule has 2 aromatic carbocycles. The molecule has 374 valence electrons. The van der Waals surface area contributed by atoms with E-state index in [0.29, 0.717) is 68.7 Å². The molecule has 5 aliphatic rings. The van der Waals surface area contributed by atoms with E-state index >= 15 is 0 Å². The maximum atomic E-state index is 10.3. The SMILES string of the molecule is CNCC(O)COc1cccc(-c2nc(N[C@@H]3CC[C@@H](OC4CC4N(c4cc(N5CCOCC5)nc(-c5cccc(OCC(O)CNC)c5)n4)C4CCOCC4)C3)cc(N(C)C3CCOCC3)n2)c1. The summed E-state index contributed by atoms with van der Waals surface area (Å²) in [5.74, 6) is 5.97. The lowest BCUT2D eigenvalue weighted by atomic mass is 10.1. The highest BCUT2D eigenvalue weighted by atomic mass is 16.5. The molecule has 5 heterocycles. The van der Waals surface area contributed by atoms with E-state index < -0.39 is 12.2 Å². The normalized spacial score (nSPS) is 23.1. The van der Waals surface area contributed by atoms with Crippen LogP contribution in [0.5, 0.6) is 11.5 Å². The van der Waals surface area contributed by atoms with Crippen molar-refractivity contribution in [1.29, 1.82) is 0 Å². The van der Waals surface area contributed by atoms with Gasteiger partial charge in [-0.3, -0.25) is 0 Å². The highest BCUT2D eigenvalue weighted by Gasteiger charge is 2.48. The van der Waals surface area contributed by atoms with Gasteiger partial charge in [-0.1, -0.05) is 24.3 Å². The summed E-state index contributed by atoms with van der Waals surface area (Å²) < 4.78 is 36.3. The molecule has 3 aliphatic heterocycles. The zero-order valence-electron chi connectivity index (χ0n) is 40.5. The van der Waals surface area contributed by atoms with Gasteiger partial charge in [0.2, 0.25) is 0 Å². The van der Waals surface area contributed by atoms with Gasteiger partial charge in [-0.15, -0.1) is 0 Å². The van der Waals surface area contributed by atoms with E-state index in [1.807, 2.05) is 62.6 Å². The largest absolute Gasteiger partial charge is 0.491 e. The summed E-state index contributed by atoms with van der Waals surface area (Å²) in [5, 5.41) is 30.4. The highest BCUT2D eigenvalue weighted by molar-refractivity contribution is 5.66.